The third kappa shape index (κ3) is 2.79. The summed E-state index contributed by atoms with van der Waals surface area (Å²) in [7, 11) is 1.56. The van der Waals surface area contributed by atoms with Crippen LogP contribution >= 0.6 is 11.6 Å². The van der Waals surface area contributed by atoms with Crippen molar-refractivity contribution < 1.29 is 14.6 Å². The number of rotatable bonds is 4. The highest BCUT2D eigenvalue weighted by Gasteiger charge is 2.14. The molecule has 1 aromatic carbocycles. The largest absolute Gasteiger partial charge is 0.496 e. The summed E-state index contributed by atoms with van der Waals surface area (Å²) in [5, 5.41) is 10.2. The van der Waals surface area contributed by atoms with E-state index in [9.17, 15) is 4.79 Å². The minimum Gasteiger partial charge on any atom is -0.496 e. The first-order chi connectivity index (χ1) is 9.02. The maximum atomic E-state index is 10.8. The molecule has 0 unspecified atom stereocenters. The predicted molar refractivity (Wildman–Crippen MR) is 74.0 cm³/mol. The van der Waals surface area contributed by atoms with Crippen LogP contribution in [0.15, 0.2) is 18.2 Å². The van der Waals surface area contributed by atoms with Gasteiger partial charge in [-0.25, -0.2) is 0 Å². The number of aromatic nitrogens is 1. The highest BCUT2D eigenvalue weighted by molar-refractivity contribution is 6.35. The van der Waals surface area contributed by atoms with Crippen molar-refractivity contribution >= 4 is 28.5 Å². The Morgan fingerprint density at radius 3 is 2.84 bits per heavy atom. The second kappa shape index (κ2) is 5.45. The van der Waals surface area contributed by atoms with Crippen molar-refractivity contribution in [2.24, 2.45) is 0 Å². The lowest BCUT2D eigenvalue weighted by Gasteiger charge is -2.12. The van der Waals surface area contributed by atoms with Crippen molar-refractivity contribution in [2.45, 2.75) is 19.8 Å². The van der Waals surface area contributed by atoms with Crippen molar-refractivity contribution in [3.05, 3.63) is 34.5 Å². The van der Waals surface area contributed by atoms with Gasteiger partial charge in [0, 0.05) is 23.1 Å². The molecule has 0 atom stereocenters. The number of methoxy groups -OCH3 is 1. The quantitative estimate of drug-likeness (QED) is 0.933. The topological polar surface area (TPSA) is 59.4 Å². The van der Waals surface area contributed by atoms with Crippen LogP contribution in [-0.2, 0) is 11.2 Å². The summed E-state index contributed by atoms with van der Waals surface area (Å²) in [4.78, 5) is 15.2. The van der Waals surface area contributed by atoms with Crippen molar-refractivity contribution in [1.82, 2.24) is 4.98 Å². The van der Waals surface area contributed by atoms with Crippen molar-refractivity contribution in [3.8, 4) is 5.75 Å². The molecule has 19 heavy (non-hydrogen) atoms. The molecular formula is C14H14ClNO3. The van der Waals surface area contributed by atoms with E-state index in [0.717, 1.165) is 22.2 Å². The van der Waals surface area contributed by atoms with Gasteiger partial charge in [0.2, 0.25) is 0 Å². The lowest BCUT2D eigenvalue weighted by molar-refractivity contribution is -0.136. The number of carboxylic acids is 1. The molecule has 100 valence electrons. The lowest BCUT2D eigenvalue weighted by atomic mass is 10.0. The van der Waals surface area contributed by atoms with Gasteiger partial charge in [0.25, 0.3) is 0 Å². The molecule has 0 aliphatic rings. The second-order valence-electron chi connectivity index (χ2n) is 4.28. The van der Waals surface area contributed by atoms with Crippen LogP contribution in [0, 0.1) is 6.92 Å². The zero-order chi connectivity index (χ0) is 14.0. The minimum atomic E-state index is -0.852. The maximum Gasteiger partial charge on any atom is 0.303 e. The van der Waals surface area contributed by atoms with Crippen LogP contribution in [0.1, 0.15) is 17.7 Å². The average molecular weight is 280 g/mol. The Labute approximate surface area is 116 Å². The summed E-state index contributed by atoms with van der Waals surface area (Å²) >= 11 is 6.27. The zero-order valence-electron chi connectivity index (χ0n) is 10.7. The van der Waals surface area contributed by atoms with E-state index in [1.165, 1.54) is 0 Å². The van der Waals surface area contributed by atoms with Gasteiger partial charge in [-0.05, 0) is 31.5 Å². The van der Waals surface area contributed by atoms with Gasteiger partial charge in [-0.3, -0.25) is 9.78 Å². The van der Waals surface area contributed by atoms with E-state index in [2.05, 4.69) is 4.98 Å². The fourth-order valence-corrected chi connectivity index (χ4v) is 2.49. The second-order valence-corrected chi connectivity index (χ2v) is 4.69. The molecule has 2 rings (SSSR count). The molecule has 0 aliphatic heterocycles. The van der Waals surface area contributed by atoms with Crippen LogP contribution in [0.4, 0.5) is 0 Å². The smallest absolute Gasteiger partial charge is 0.303 e. The lowest BCUT2D eigenvalue weighted by Crippen LogP contribution is -2.01. The number of nitrogens with zero attached hydrogens (tertiary/aromatic N) is 1. The Kier molecular flexibility index (Phi) is 3.90. The molecular weight excluding hydrogens is 266 g/mol. The number of hydrogen-bond donors (Lipinski definition) is 1. The van der Waals surface area contributed by atoms with Crippen LogP contribution in [0.25, 0.3) is 10.9 Å². The Morgan fingerprint density at radius 1 is 1.47 bits per heavy atom. The number of aliphatic carboxylic acids is 1. The number of fused-ring (bicyclic) bond motifs is 1. The van der Waals surface area contributed by atoms with Crippen LogP contribution in [0.2, 0.25) is 5.02 Å². The summed E-state index contributed by atoms with van der Waals surface area (Å²) in [6.45, 7) is 1.87. The highest BCUT2D eigenvalue weighted by atomic mass is 35.5. The minimum absolute atomic E-state index is 0.0275. The Morgan fingerprint density at radius 2 is 2.21 bits per heavy atom. The van der Waals surface area contributed by atoms with Gasteiger partial charge >= 0.3 is 5.97 Å². The van der Waals surface area contributed by atoms with E-state index in [4.69, 9.17) is 21.4 Å². The van der Waals surface area contributed by atoms with Crippen molar-refractivity contribution in [2.75, 3.05) is 7.11 Å². The summed E-state index contributed by atoms with van der Waals surface area (Å²) in [5.41, 5.74) is 2.37. The monoisotopic (exact) mass is 279 g/mol. The molecule has 0 saturated heterocycles. The Balaban J connectivity index is 2.64. The first-order valence-corrected chi connectivity index (χ1v) is 6.25. The van der Waals surface area contributed by atoms with Gasteiger partial charge in [-0.2, -0.15) is 0 Å². The van der Waals surface area contributed by atoms with Crippen LogP contribution in [-0.4, -0.2) is 23.2 Å². The molecule has 0 aliphatic carbocycles. The van der Waals surface area contributed by atoms with Crippen LogP contribution < -0.4 is 4.74 Å². The van der Waals surface area contributed by atoms with Gasteiger partial charge in [-0.1, -0.05) is 11.6 Å². The van der Waals surface area contributed by atoms with Crippen molar-refractivity contribution in [3.63, 3.8) is 0 Å². The van der Waals surface area contributed by atoms with Gasteiger partial charge < -0.3 is 9.84 Å². The molecule has 0 bridgehead atoms. The van der Waals surface area contributed by atoms with E-state index >= 15 is 0 Å². The molecule has 5 heteroatoms. The first-order valence-electron chi connectivity index (χ1n) is 5.87. The number of carboxylic acid groups (broad SMARTS) is 1. The van der Waals surface area contributed by atoms with Gasteiger partial charge in [-0.15, -0.1) is 0 Å². The number of carbonyl (C=O) groups is 1. The molecule has 0 spiro atoms. The predicted octanol–water partition coefficient (Wildman–Crippen LogP) is 3.22. The fraction of sp³-hybridized carbons (Fsp3) is 0.286. The number of hydrogen-bond acceptors (Lipinski definition) is 3. The maximum absolute atomic E-state index is 10.8. The number of halogens is 1. The first kappa shape index (κ1) is 13.6. The summed E-state index contributed by atoms with van der Waals surface area (Å²) in [5.74, 6) is -0.212. The van der Waals surface area contributed by atoms with E-state index in [0.29, 0.717) is 17.2 Å². The summed E-state index contributed by atoms with van der Waals surface area (Å²) in [6, 6.07) is 5.40. The molecule has 0 radical (unpaired) electrons. The van der Waals surface area contributed by atoms with E-state index in [1.807, 2.05) is 13.0 Å². The zero-order valence-corrected chi connectivity index (χ0v) is 11.5. The molecule has 1 aromatic heterocycles. The van der Waals surface area contributed by atoms with Crippen LogP contribution in [0.5, 0.6) is 5.75 Å². The molecule has 1 N–H and O–H groups in total. The molecule has 2 aromatic rings. The molecule has 1 heterocycles. The SMILES string of the molecule is COc1ccc2nc(C)cc(Cl)c2c1CCC(=O)O. The molecule has 0 fully saturated rings. The summed E-state index contributed by atoms with van der Waals surface area (Å²) < 4.78 is 5.29. The number of pyridine rings is 1. The molecule has 0 amide bonds. The Bertz CT molecular complexity index is 640. The third-order valence-corrected chi connectivity index (χ3v) is 3.23. The number of benzene rings is 1. The third-order valence-electron chi connectivity index (χ3n) is 2.93. The van der Waals surface area contributed by atoms with E-state index in [1.54, 1.807) is 19.2 Å². The van der Waals surface area contributed by atoms with Gasteiger partial charge in [0.1, 0.15) is 5.75 Å². The molecule has 4 nitrogen and oxygen atoms in total. The van der Waals surface area contributed by atoms with E-state index < -0.39 is 5.97 Å². The molecule has 0 saturated carbocycles. The fourth-order valence-electron chi connectivity index (χ4n) is 2.13. The van der Waals surface area contributed by atoms with Gasteiger partial charge in [0.05, 0.1) is 17.6 Å². The summed E-state index contributed by atoms with van der Waals surface area (Å²) in [6.07, 6.45) is 0.389. The number of ether oxygens (including phenoxy) is 1. The standard InChI is InChI=1S/C14H14ClNO3/c1-8-7-10(15)14-9(3-6-13(17)18)12(19-2)5-4-11(14)16-8/h4-5,7H,3,6H2,1-2H3,(H,17,18). The van der Waals surface area contributed by atoms with Crippen molar-refractivity contribution in [1.29, 1.82) is 0 Å². The Hall–Kier alpha value is -1.81. The van der Waals surface area contributed by atoms with Gasteiger partial charge in [0.15, 0.2) is 0 Å². The van der Waals surface area contributed by atoms with Crippen LogP contribution in [0.3, 0.4) is 0 Å². The normalized spacial score (nSPS) is 10.7. The van der Waals surface area contributed by atoms with E-state index in [-0.39, 0.29) is 6.42 Å². The average Bonchev–Trinajstić information content (AvgIpc) is 2.35. The highest BCUT2D eigenvalue weighted by Crippen LogP contribution is 2.33. The number of aryl methyl sites for hydroxylation is 2.